The van der Waals surface area contributed by atoms with Crippen LogP contribution in [0.15, 0.2) is 42.2 Å². The predicted molar refractivity (Wildman–Crippen MR) is 90.1 cm³/mol. The van der Waals surface area contributed by atoms with E-state index in [0.717, 1.165) is 10.6 Å². The minimum Gasteiger partial charge on any atom is 0 e. The van der Waals surface area contributed by atoms with Crippen LogP contribution in [0.3, 0.4) is 0 Å². The van der Waals surface area contributed by atoms with Gasteiger partial charge in [0.25, 0.3) is 0 Å². The van der Waals surface area contributed by atoms with Crippen molar-refractivity contribution in [3.63, 3.8) is 0 Å². The Hall–Kier alpha value is -2.27. The average Bonchev–Trinajstić information content (AvgIpc) is 3.22. The molecule has 7 nitrogen and oxygen atoms in total. The van der Waals surface area contributed by atoms with E-state index in [2.05, 4.69) is 33.3 Å². The van der Waals surface area contributed by atoms with Crippen molar-refractivity contribution < 1.29 is 53.9 Å². The summed E-state index contributed by atoms with van der Waals surface area (Å²) in [5.41, 5.74) is 0.658. The third-order valence-corrected chi connectivity index (χ3v) is 4.98. The third-order valence-electron chi connectivity index (χ3n) is 2.62. The maximum Gasteiger partial charge on any atom is 0 e. The molecule has 1 atom stereocenters. The number of carbonyl (C=O) groups excluding carboxylic acids is 2. The minimum atomic E-state index is -0.786. The zero-order chi connectivity index (χ0) is 22.4. The molecule has 0 aliphatic carbocycles. The first-order valence-corrected chi connectivity index (χ1v) is 7.82. The fourth-order valence-electron chi connectivity index (χ4n) is 1.73. The van der Waals surface area contributed by atoms with Crippen LogP contribution in [0.2, 0.25) is 0 Å². The van der Waals surface area contributed by atoms with Gasteiger partial charge in [-0.2, -0.15) is 0 Å². The molecule has 0 spiro atoms. The molecular formula is C19H13MoO7P. The van der Waals surface area contributed by atoms with Gasteiger partial charge in [0, 0.05) is 31.9 Å². The molecule has 1 unspecified atom stereocenters. The molecule has 1 heterocycles. The van der Waals surface area contributed by atoms with Crippen molar-refractivity contribution in [2.24, 2.45) is 0 Å². The van der Waals surface area contributed by atoms with E-state index in [1.165, 1.54) is 6.92 Å². The maximum atomic E-state index is 11.6. The summed E-state index contributed by atoms with van der Waals surface area (Å²) in [5.74, 6) is 2.00. The smallest absolute Gasteiger partial charge is 0 e. The number of Topliss-reactive ketones (excluding diaryl/α,β-unsaturated/α-hetero) is 2. The van der Waals surface area contributed by atoms with Crippen LogP contribution in [0.1, 0.15) is 34.3 Å². The van der Waals surface area contributed by atoms with Gasteiger partial charge in [0.1, 0.15) is 0 Å². The van der Waals surface area contributed by atoms with Crippen LogP contribution in [0, 0.1) is 33.3 Å². The van der Waals surface area contributed by atoms with E-state index in [4.69, 9.17) is 23.3 Å². The Morgan fingerprint density at radius 3 is 1.46 bits per heavy atom. The van der Waals surface area contributed by atoms with E-state index in [-0.39, 0.29) is 32.6 Å². The molecule has 2 aromatic rings. The second-order valence-electron chi connectivity index (χ2n) is 3.93. The van der Waals surface area contributed by atoms with E-state index in [1.807, 2.05) is 36.1 Å². The zero-order valence-corrected chi connectivity index (χ0v) is 17.7. The van der Waals surface area contributed by atoms with Crippen LogP contribution >= 0.6 is 7.53 Å². The molecular weight excluding hydrogens is 467 g/mol. The minimum absolute atomic E-state index is 0. The van der Waals surface area contributed by atoms with Gasteiger partial charge in [-0.3, -0.25) is 9.59 Å². The summed E-state index contributed by atoms with van der Waals surface area (Å²) in [6.07, 6.45) is 0. The van der Waals surface area contributed by atoms with Gasteiger partial charge in [0.2, 0.25) is 0 Å². The SMILES string of the molecule is CC(=O)c1cc(C(C)=O)p(-c2ccccc2)c1.[C-]#[O+].[C-]#[O+].[C-]#[O+].[C-]#[O+].[C-]#[O+].[Mo]. The average molecular weight is 480 g/mol. The fourth-order valence-corrected chi connectivity index (χ4v) is 3.94. The van der Waals surface area contributed by atoms with Gasteiger partial charge in [-0.25, -0.2) is 0 Å². The van der Waals surface area contributed by atoms with Gasteiger partial charge in [-0.15, -0.1) is 0 Å². The molecule has 1 aromatic heterocycles. The summed E-state index contributed by atoms with van der Waals surface area (Å²) in [6.45, 7) is 25.6. The molecule has 0 aliphatic heterocycles. The van der Waals surface area contributed by atoms with Crippen LogP contribution < -0.4 is 0 Å². The van der Waals surface area contributed by atoms with Crippen molar-refractivity contribution in [3.8, 4) is 5.30 Å². The van der Waals surface area contributed by atoms with Crippen LogP contribution in [0.4, 0.5) is 0 Å². The molecule has 0 N–H and O–H groups in total. The van der Waals surface area contributed by atoms with Crippen LogP contribution in [-0.4, -0.2) is 11.6 Å². The molecule has 0 bridgehead atoms. The summed E-state index contributed by atoms with van der Waals surface area (Å²) < 4.78 is 37.5. The van der Waals surface area contributed by atoms with Crippen molar-refractivity contribution in [1.29, 1.82) is 0 Å². The van der Waals surface area contributed by atoms with E-state index in [9.17, 15) is 9.59 Å². The van der Waals surface area contributed by atoms with E-state index in [0.29, 0.717) is 5.56 Å². The van der Waals surface area contributed by atoms with Gasteiger partial charge in [0.05, 0.1) is 0 Å². The van der Waals surface area contributed by atoms with Gasteiger partial charge >= 0.3 is 56.5 Å². The zero-order valence-electron chi connectivity index (χ0n) is 14.8. The van der Waals surface area contributed by atoms with Gasteiger partial charge in [-0.1, -0.05) is 37.9 Å². The Labute approximate surface area is 178 Å². The van der Waals surface area contributed by atoms with Crippen molar-refractivity contribution in [2.45, 2.75) is 13.8 Å². The van der Waals surface area contributed by atoms with Gasteiger partial charge in [0.15, 0.2) is 11.6 Å². The quantitative estimate of drug-likeness (QED) is 0.286. The molecule has 0 aliphatic rings. The van der Waals surface area contributed by atoms with Crippen molar-refractivity contribution >= 4 is 19.1 Å². The molecule has 0 radical (unpaired) electrons. The summed E-state index contributed by atoms with van der Waals surface area (Å²) in [6, 6.07) is 11.6. The molecule has 2 rings (SSSR count). The number of hydrogen-bond acceptors (Lipinski definition) is 2. The second-order valence-corrected chi connectivity index (χ2v) is 5.93. The molecule has 9 heteroatoms. The van der Waals surface area contributed by atoms with Crippen LogP contribution in [0.5, 0.6) is 0 Å². The third kappa shape index (κ3) is 13.9. The predicted octanol–water partition coefficient (Wildman–Crippen LogP) is 3.88. The van der Waals surface area contributed by atoms with Crippen molar-refractivity contribution in [3.05, 3.63) is 86.3 Å². The number of hydrogen-bond donors (Lipinski definition) is 0. The first kappa shape index (κ1) is 36.6. The second kappa shape index (κ2) is 27.0. The Morgan fingerprint density at radius 2 is 1.14 bits per heavy atom. The molecule has 0 fully saturated rings. The van der Waals surface area contributed by atoms with Crippen LogP contribution in [0.25, 0.3) is 5.30 Å². The van der Waals surface area contributed by atoms with Crippen molar-refractivity contribution in [1.82, 2.24) is 0 Å². The van der Waals surface area contributed by atoms with Gasteiger partial charge in [-0.05, 0) is 31.0 Å². The molecule has 1 aromatic carbocycles. The Balaban J connectivity index is -0.000000140. The molecule has 142 valence electrons. The van der Waals surface area contributed by atoms with E-state index < -0.39 is 7.53 Å². The summed E-state index contributed by atoms with van der Waals surface area (Å²) in [5, 5.41) is 1.87. The largest absolute Gasteiger partial charge is 0 e. The maximum absolute atomic E-state index is 11.6. The normalized spacial score (nSPS) is 7.21. The van der Waals surface area contributed by atoms with E-state index >= 15 is 0 Å². The van der Waals surface area contributed by atoms with Crippen LogP contribution in [-0.2, 0) is 44.3 Å². The summed E-state index contributed by atoms with van der Waals surface area (Å²) in [7, 11) is -0.786. The fraction of sp³-hybridized carbons (Fsp3) is 0.105. The summed E-state index contributed by atoms with van der Waals surface area (Å²) in [4.78, 5) is 23.0. The molecule has 0 saturated heterocycles. The van der Waals surface area contributed by atoms with Crippen molar-refractivity contribution in [2.75, 3.05) is 0 Å². The number of ketones is 2. The first-order chi connectivity index (χ1) is 13.1. The number of benzene rings is 1. The molecule has 0 amide bonds. The number of carbonyl (C=O) groups is 2. The van der Waals surface area contributed by atoms with E-state index in [1.54, 1.807) is 13.0 Å². The standard InChI is InChI=1S/C14H13O2P.5CO.Mo/c1-10(15)12-8-14(11(2)16)17(9-12)13-6-4-3-5-7-13;5*1-2;/h3-9H,1-2H3;;;;;;. The summed E-state index contributed by atoms with van der Waals surface area (Å²) >= 11 is 0. The molecule has 0 saturated carbocycles. The van der Waals surface area contributed by atoms with Gasteiger partial charge < -0.3 is 0 Å². The number of rotatable bonds is 3. The Morgan fingerprint density at radius 1 is 0.750 bits per heavy atom. The Kier molecular flexibility index (Phi) is 35.2. The molecule has 28 heavy (non-hydrogen) atoms. The topological polar surface area (TPSA) is 134 Å². The monoisotopic (exact) mass is 482 g/mol. The first-order valence-electron chi connectivity index (χ1n) is 6.41. The Bertz CT molecular complexity index is 749.